The molecule has 26 heavy (non-hydrogen) atoms. The zero-order chi connectivity index (χ0) is 17.9. The normalized spacial score (nSPS) is 18.5. The Hall–Kier alpha value is -2.18. The predicted octanol–water partition coefficient (Wildman–Crippen LogP) is 1.42. The molecule has 0 unspecified atom stereocenters. The summed E-state index contributed by atoms with van der Waals surface area (Å²) in [5, 5.41) is 2.12. The highest BCUT2D eigenvalue weighted by molar-refractivity contribution is 7.09. The maximum absolute atomic E-state index is 12.9. The average Bonchev–Trinajstić information content (AvgIpc) is 3.33. The van der Waals surface area contributed by atoms with Crippen molar-refractivity contribution < 1.29 is 14.5 Å². The van der Waals surface area contributed by atoms with Crippen LogP contribution in [0.5, 0.6) is 0 Å². The standard InChI is InChI=1S/C20H23N3O2S/c24-19-7-2-8-23(19)17-5-1-4-16(14-17)20(25)22-11-9-21(10-12-22)15-18-6-3-13-26-18/h1,3-6,13-14H,2,7-12,15H2/p+1. The third-order valence-electron chi connectivity index (χ3n) is 5.24. The molecule has 136 valence electrons. The van der Waals surface area contributed by atoms with Crippen molar-refractivity contribution in [1.29, 1.82) is 0 Å². The van der Waals surface area contributed by atoms with Gasteiger partial charge in [-0.3, -0.25) is 9.59 Å². The van der Waals surface area contributed by atoms with E-state index >= 15 is 0 Å². The van der Waals surface area contributed by atoms with Crippen molar-refractivity contribution in [1.82, 2.24) is 4.90 Å². The van der Waals surface area contributed by atoms with E-state index in [0.29, 0.717) is 12.0 Å². The number of carbonyl (C=O) groups excluding carboxylic acids is 2. The summed E-state index contributed by atoms with van der Waals surface area (Å²) in [4.78, 5) is 31.5. The molecule has 2 aliphatic rings. The maximum atomic E-state index is 12.9. The van der Waals surface area contributed by atoms with Gasteiger partial charge in [0.15, 0.2) is 0 Å². The van der Waals surface area contributed by atoms with Crippen LogP contribution in [0.2, 0.25) is 0 Å². The van der Waals surface area contributed by atoms with Crippen LogP contribution in [-0.2, 0) is 11.3 Å². The third kappa shape index (κ3) is 3.66. The van der Waals surface area contributed by atoms with Crippen molar-refractivity contribution in [3.63, 3.8) is 0 Å². The summed E-state index contributed by atoms with van der Waals surface area (Å²) >= 11 is 1.80. The number of nitrogens with one attached hydrogen (secondary N) is 1. The van der Waals surface area contributed by atoms with Gasteiger partial charge >= 0.3 is 0 Å². The molecular formula is C20H24N3O2S+. The fourth-order valence-corrected chi connectivity index (χ4v) is 4.55. The molecule has 1 aromatic carbocycles. The van der Waals surface area contributed by atoms with Crippen LogP contribution in [0.3, 0.4) is 0 Å². The fraction of sp³-hybridized carbons (Fsp3) is 0.400. The van der Waals surface area contributed by atoms with E-state index in [9.17, 15) is 9.59 Å². The van der Waals surface area contributed by atoms with Crippen molar-refractivity contribution in [3.05, 3.63) is 52.2 Å². The Kier molecular flexibility index (Phi) is 5.04. The van der Waals surface area contributed by atoms with Crippen molar-refractivity contribution in [2.24, 2.45) is 0 Å². The number of carbonyl (C=O) groups is 2. The van der Waals surface area contributed by atoms with Crippen LogP contribution in [0.15, 0.2) is 41.8 Å². The molecule has 5 nitrogen and oxygen atoms in total. The minimum absolute atomic E-state index is 0.0775. The largest absolute Gasteiger partial charge is 0.328 e. The van der Waals surface area contributed by atoms with Gasteiger partial charge in [0.05, 0.1) is 31.1 Å². The van der Waals surface area contributed by atoms with Gasteiger partial charge < -0.3 is 14.7 Å². The van der Waals surface area contributed by atoms with Gasteiger partial charge in [-0.25, -0.2) is 0 Å². The Morgan fingerprint density at radius 1 is 1.12 bits per heavy atom. The first-order chi connectivity index (χ1) is 12.7. The van der Waals surface area contributed by atoms with Crippen LogP contribution in [-0.4, -0.2) is 49.4 Å². The first-order valence-electron chi connectivity index (χ1n) is 9.26. The van der Waals surface area contributed by atoms with Crippen LogP contribution < -0.4 is 9.80 Å². The molecule has 6 heteroatoms. The fourth-order valence-electron chi connectivity index (χ4n) is 3.77. The number of nitrogens with zero attached hydrogens (tertiary/aromatic N) is 2. The Balaban J connectivity index is 1.38. The summed E-state index contributed by atoms with van der Waals surface area (Å²) in [5.74, 6) is 0.231. The molecule has 0 atom stereocenters. The van der Waals surface area contributed by atoms with Crippen molar-refractivity contribution in [3.8, 4) is 0 Å². The second-order valence-corrected chi connectivity index (χ2v) is 8.03. The molecule has 0 saturated carbocycles. The molecule has 1 aromatic heterocycles. The van der Waals surface area contributed by atoms with Crippen LogP contribution in [0, 0.1) is 0 Å². The van der Waals surface area contributed by atoms with Crippen molar-refractivity contribution in [2.75, 3.05) is 37.6 Å². The van der Waals surface area contributed by atoms with Gasteiger partial charge in [0, 0.05) is 24.2 Å². The van der Waals surface area contributed by atoms with Crippen molar-refractivity contribution in [2.45, 2.75) is 19.4 Å². The second kappa shape index (κ2) is 7.60. The Labute approximate surface area is 157 Å². The summed E-state index contributed by atoms with van der Waals surface area (Å²) in [6, 6.07) is 11.8. The molecule has 0 spiro atoms. The van der Waals surface area contributed by atoms with E-state index in [1.54, 1.807) is 16.2 Å². The molecule has 1 N–H and O–H groups in total. The van der Waals surface area contributed by atoms with Gasteiger partial charge in [0.25, 0.3) is 5.91 Å². The summed E-state index contributed by atoms with van der Waals surface area (Å²) in [7, 11) is 0. The zero-order valence-corrected chi connectivity index (χ0v) is 15.6. The molecule has 0 radical (unpaired) electrons. The molecule has 2 saturated heterocycles. The summed E-state index contributed by atoms with van der Waals surface area (Å²) < 4.78 is 0. The minimum atomic E-state index is 0.0775. The summed E-state index contributed by atoms with van der Waals surface area (Å²) in [6.45, 7) is 5.33. The van der Waals surface area contributed by atoms with Crippen LogP contribution in [0.25, 0.3) is 0 Å². The molecule has 4 rings (SSSR count). The van der Waals surface area contributed by atoms with Gasteiger partial charge in [-0.05, 0) is 36.1 Å². The lowest BCUT2D eigenvalue weighted by Gasteiger charge is -2.32. The molecule has 0 aliphatic carbocycles. The number of anilines is 1. The molecule has 2 amide bonds. The molecule has 0 bridgehead atoms. The third-order valence-corrected chi connectivity index (χ3v) is 6.12. The highest BCUT2D eigenvalue weighted by atomic mass is 32.1. The molecule has 3 heterocycles. The SMILES string of the molecule is O=C(c1cccc(N2CCCC2=O)c1)N1CC[NH+](Cc2cccs2)CC1. The zero-order valence-electron chi connectivity index (χ0n) is 14.8. The Bertz CT molecular complexity index is 782. The number of hydrogen-bond acceptors (Lipinski definition) is 3. The molecule has 2 fully saturated rings. The average molecular weight is 370 g/mol. The lowest BCUT2D eigenvalue weighted by molar-refractivity contribution is -0.917. The van der Waals surface area contributed by atoms with Crippen LogP contribution in [0.1, 0.15) is 28.1 Å². The summed E-state index contributed by atoms with van der Waals surface area (Å²) in [5.41, 5.74) is 1.53. The number of quaternary nitrogens is 1. The highest BCUT2D eigenvalue weighted by Gasteiger charge is 2.26. The van der Waals surface area contributed by atoms with E-state index in [4.69, 9.17) is 0 Å². The van der Waals surface area contributed by atoms with E-state index in [2.05, 4.69) is 17.5 Å². The number of benzene rings is 1. The number of hydrogen-bond donors (Lipinski definition) is 1. The van der Waals surface area contributed by atoms with E-state index < -0.39 is 0 Å². The van der Waals surface area contributed by atoms with E-state index in [1.165, 1.54) is 9.78 Å². The minimum Gasteiger partial charge on any atom is -0.328 e. The topological polar surface area (TPSA) is 45.1 Å². The number of rotatable bonds is 4. The summed E-state index contributed by atoms with van der Waals surface area (Å²) in [6.07, 6.45) is 1.50. The van der Waals surface area contributed by atoms with Crippen LogP contribution >= 0.6 is 11.3 Å². The van der Waals surface area contributed by atoms with Gasteiger partial charge in [-0.15, -0.1) is 11.3 Å². The highest BCUT2D eigenvalue weighted by Crippen LogP contribution is 2.22. The number of piperazine rings is 1. The van der Waals surface area contributed by atoms with Gasteiger partial charge in [0.2, 0.25) is 5.91 Å². The van der Waals surface area contributed by atoms with Gasteiger partial charge in [0.1, 0.15) is 6.54 Å². The monoisotopic (exact) mass is 370 g/mol. The van der Waals surface area contributed by atoms with E-state index in [1.807, 2.05) is 29.2 Å². The Morgan fingerprint density at radius 2 is 1.96 bits per heavy atom. The van der Waals surface area contributed by atoms with Gasteiger partial charge in [-0.2, -0.15) is 0 Å². The van der Waals surface area contributed by atoms with E-state index in [-0.39, 0.29) is 11.8 Å². The van der Waals surface area contributed by atoms with Gasteiger partial charge in [-0.1, -0.05) is 12.1 Å². The lowest BCUT2D eigenvalue weighted by atomic mass is 10.1. The van der Waals surface area contributed by atoms with Crippen LogP contribution in [0.4, 0.5) is 5.69 Å². The first-order valence-corrected chi connectivity index (χ1v) is 10.1. The lowest BCUT2D eigenvalue weighted by Crippen LogP contribution is -3.13. The first kappa shape index (κ1) is 17.2. The molecule has 2 aromatic rings. The maximum Gasteiger partial charge on any atom is 0.254 e. The predicted molar refractivity (Wildman–Crippen MR) is 103 cm³/mol. The molecule has 2 aliphatic heterocycles. The number of amides is 2. The number of thiophene rings is 1. The smallest absolute Gasteiger partial charge is 0.254 e. The Morgan fingerprint density at radius 3 is 2.65 bits per heavy atom. The van der Waals surface area contributed by atoms with Crippen molar-refractivity contribution >= 4 is 28.8 Å². The molecular weight excluding hydrogens is 346 g/mol. The quantitative estimate of drug-likeness (QED) is 0.885. The van der Waals surface area contributed by atoms with E-state index in [0.717, 1.165) is 51.4 Å². The second-order valence-electron chi connectivity index (χ2n) is 7.00.